The number of ether oxygens (including phenoxy) is 1. The zero-order valence-corrected chi connectivity index (χ0v) is 18.0. The van der Waals surface area contributed by atoms with E-state index >= 15 is 0 Å². The van der Waals surface area contributed by atoms with Gasteiger partial charge in [-0.15, -0.1) is 10.2 Å². The molecule has 0 N–H and O–H groups in total. The normalized spacial score (nSPS) is 18.8. The minimum absolute atomic E-state index is 0.0368. The minimum Gasteiger partial charge on any atom is -0.378 e. The third-order valence-corrected chi connectivity index (χ3v) is 7.66. The van der Waals surface area contributed by atoms with E-state index in [1.54, 1.807) is 6.07 Å². The van der Waals surface area contributed by atoms with Crippen molar-refractivity contribution in [3.63, 3.8) is 0 Å². The molecule has 0 amide bonds. The van der Waals surface area contributed by atoms with E-state index in [9.17, 15) is 8.42 Å². The number of anilines is 2. The molecule has 2 aliphatic rings. The molecule has 4 rings (SSSR count). The van der Waals surface area contributed by atoms with Crippen molar-refractivity contribution in [2.45, 2.75) is 4.90 Å². The van der Waals surface area contributed by atoms with Crippen LogP contribution in [0.2, 0.25) is 10.0 Å². The number of rotatable bonds is 4. The van der Waals surface area contributed by atoms with E-state index in [1.807, 2.05) is 17.0 Å². The fourth-order valence-electron chi connectivity index (χ4n) is 3.42. The second kappa shape index (κ2) is 8.61. The topological polar surface area (TPSA) is 78.9 Å². The Morgan fingerprint density at radius 1 is 0.828 bits per heavy atom. The van der Waals surface area contributed by atoms with E-state index in [2.05, 4.69) is 15.1 Å². The summed E-state index contributed by atoms with van der Waals surface area (Å²) in [6.07, 6.45) is 0. The Labute approximate surface area is 180 Å². The number of nitrogens with zero attached hydrogens (tertiary/aromatic N) is 5. The van der Waals surface area contributed by atoms with Crippen LogP contribution in [-0.2, 0) is 14.8 Å². The molecule has 8 nitrogen and oxygen atoms in total. The summed E-state index contributed by atoms with van der Waals surface area (Å²) in [6.45, 7) is 4.68. The lowest BCUT2D eigenvalue weighted by molar-refractivity contribution is 0.122. The highest BCUT2D eigenvalue weighted by Crippen LogP contribution is 2.28. The molecular formula is C18H21Cl2N5O3S. The molecule has 0 atom stereocenters. The first-order valence-electron chi connectivity index (χ1n) is 9.32. The summed E-state index contributed by atoms with van der Waals surface area (Å²) in [5, 5.41) is 9.17. The van der Waals surface area contributed by atoms with E-state index in [0.29, 0.717) is 44.4 Å². The van der Waals surface area contributed by atoms with Crippen molar-refractivity contribution in [1.82, 2.24) is 14.5 Å². The van der Waals surface area contributed by atoms with Gasteiger partial charge in [0.1, 0.15) is 4.90 Å². The van der Waals surface area contributed by atoms with Gasteiger partial charge in [0.05, 0.1) is 18.2 Å². The van der Waals surface area contributed by atoms with Crippen molar-refractivity contribution >= 4 is 44.9 Å². The van der Waals surface area contributed by atoms with Crippen molar-refractivity contribution in [2.75, 3.05) is 62.3 Å². The average Bonchev–Trinajstić information content (AvgIpc) is 2.76. The van der Waals surface area contributed by atoms with Gasteiger partial charge in [-0.25, -0.2) is 8.42 Å². The van der Waals surface area contributed by atoms with Crippen LogP contribution in [0.5, 0.6) is 0 Å². The first-order chi connectivity index (χ1) is 13.9. The molecule has 0 spiro atoms. The highest BCUT2D eigenvalue weighted by atomic mass is 35.5. The van der Waals surface area contributed by atoms with Gasteiger partial charge in [0.15, 0.2) is 11.6 Å². The van der Waals surface area contributed by atoms with Crippen molar-refractivity contribution in [1.29, 1.82) is 0 Å². The van der Waals surface area contributed by atoms with Gasteiger partial charge in [0.2, 0.25) is 10.0 Å². The van der Waals surface area contributed by atoms with Gasteiger partial charge >= 0.3 is 0 Å². The molecular weight excluding hydrogens is 437 g/mol. The number of hydrogen-bond acceptors (Lipinski definition) is 7. The Morgan fingerprint density at radius 3 is 2.00 bits per heavy atom. The standard InChI is InChI=1S/C18H21Cl2N5O3S/c19-14-1-2-15(20)16(13-14)29(26,27)25-7-5-23(6-8-25)17-3-4-18(22-21-17)24-9-11-28-12-10-24/h1-4,13H,5-12H2. The molecule has 1 aromatic carbocycles. The molecule has 2 saturated heterocycles. The maximum Gasteiger partial charge on any atom is 0.244 e. The lowest BCUT2D eigenvalue weighted by atomic mass is 10.3. The molecule has 0 bridgehead atoms. The first-order valence-corrected chi connectivity index (χ1v) is 11.5. The predicted octanol–water partition coefficient (Wildman–Crippen LogP) is 2.13. The summed E-state index contributed by atoms with van der Waals surface area (Å²) >= 11 is 12.1. The van der Waals surface area contributed by atoms with Crippen LogP contribution in [0.25, 0.3) is 0 Å². The number of halogens is 2. The lowest BCUT2D eigenvalue weighted by Gasteiger charge is -2.34. The van der Waals surface area contributed by atoms with E-state index in [4.69, 9.17) is 27.9 Å². The van der Waals surface area contributed by atoms with Gasteiger partial charge in [-0.05, 0) is 30.3 Å². The summed E-state index contributed by atoms with van der Waals surface area (Å²) in [4.78, 5) is 4.20. The van der Waals surface area contributed by atoms with Gasteiger partial charge in [-0.1, -0.05) is 23.2 Å². The molecule has 29 heavy (non-hydrogen) atoms. The zero-order chi connectivity index (χ0) is 20.4. The van der Waals surface area contributed by atoms with Gasteiger partial charge in [0, 0.05) is 44.3 Å². The Balaban J connectivity index is 1.42. The summed E-state index contributed by atoms with van der Waals surface area (Å²) in [7, 11) is -3.71. The SMILES string of the molecule is O=S(=O)(c1cc(Cl)ccc1Cl)N1CCN(c2ccc(N3CCOCC3)nn2)CC1. The quantitative estimate of drug-likeness (QED) is 0.695. The molecule has 2 fully saturated rings. The number of aromatic nitrogens is 2. The minimum atomic E-state index is -3.71. The molecule has 156 valence electrons. The summed E-state index contributed by atoms with van der Waals surface area (Å²) in [6, 6.07) is 8.33. The molecule has 0 aliphatic carbocycles. The van der Waals surface area contributed by atoms with Crippen LogP contribution < -0.4 is 9.80 Å². The van der Waals surface area contributed by atoms with Gasteiger partial charge in [-0.3, -0.25) is 0 Å². The monoisotopic (exact) mass is 457 g/mol. The molecule has 0 radical (unpaired) electrons. The van der Waals surface area contributed by atoms with Crippen LogP contribution in [0.4, 0.5) is 11.6 Å². The van der Waals surface area contributed by atoms with Crippen LogP contribution >= 0.6 is 23.2 Å². The van der Waals surface area contributed by atoms with E-state index in [-0.39, 0.29) is 9.92 Å². The fourth-order valence-corrected chi connectivity index (χ4v) is 5.58. The Morgan fingerprint density at radius 2 is 1.41 bits per heavy atom. The Bertz CT molecular complexity index is 960. The summed E-state index contributed by atoms with van der Waals surface area (Å²) in [5.74, 6) is 1.56. The smallest absolute Gasteiger partial charge is 0.244 e. The first kappa shape index (κ1) is 20.6. The number of hydrogen-bond donors (Lipinski definition) is 0. The van der Waals surface area contributed by atoms with E-state index < -0.39 is 10.0 Å². The van der Waals surface area contributed by atoms with E-state index in [1.165, 1.54) is 16.4 Å². The third-order valence-electron chi connectivity index (χ3n) is 5.05. The Hall–Kier alpha value is -1.65. The number of sulfonamides is 1. The van der Waals surface area contributed by atoms with Crippen molar-refractivity contribution < 1.29 is 13.2 Å². The summed E-state index contributed by atoms with van der Waals surface area (Å²) < 4.78 is 32.7. The molecule has 2 aromatic rings. The molecule has 11 heteroatoms. The van der Waals surface area contributed by atoms with Crippen molar-refractivity contribution in [3.8, 4) is 0 Å². The maximum absolute atomic E-state index is 12.9. The van der Waals surface area contributed by atoms with Gasteiger partial charge < -0.3 is 14.5 Å². The van der Waals surface area contributed by atoms with Crippen LogP contribution in [0.15, 0.2) is 35.2 Å². The fraction of sp³-hybridized carbons (Fsp3) is 0.444. The third kappa shape index (κ3) is 4.44. The molecule has 1 aromatic heterocycles. The molecule has 2 aliphatic heterocycles. The average molecular weight is 458 g/mol. The van der Waals surface area contributed by atoms with Crippen molar-refractivity contribution in [3.05, 3.63) is 40.4 Å². The molecule has 0 unspecified atom stereocenters. The molecule has 3 heterocycles. The van der Waals surface area contributed by atoms with Crippen LogP contribution in [0, 0.1) is 0 Å². The highest BCUT2D eigenvalue weighted by molar-refractivity contribution is 7.89. The van der Waals surface area contributed by atoms with E-state index in [0.717, 1.165) is 24.7 Å². The maximum atomic E-state index is 12.9. The van der Waals surface area contributed by atoms with Crippen LogP contribution in [0.1, 0.15) is 0 Å². The number of piperazine rings is 1. The second-order valence-corrected chi connectivity index (χ2v) is 9.57. The lowest BCUT2D eigenvalue weighted by Crippen LogP contribution is -2.49. The number of benzene rings is 1. The molecule has 0 saturated carbocycles. The predicted molar refractivity (Wildman–Crippen MR) is 112 cm³/mol. The largest absolute Gasteiger partial charge is 0.378 e. The number of morpholine rings is 1. The zero-order valence-electron chi connectivity index (χ0n) is 15.7. The Kier molecular flexibility index (Phi) is 6.12. The van der Waals surface area contributed by atoms with Crippen LogP contribution in [0.3, 0.4) is 0 Å². The highest BCUT2D eigenvalue weighted by Gasteiger charge is 2.31. The van der Waals surface area contributed by atoms with Gasteiger partial charge in [0.25, 0.3) is 0 Å². The summed E-state index contributed by atoms with van der Waals surface area (Å²) in [5.41, 5.74) is 0. The second-order valence-electron chi connectivity index (χ2n) is 6.82. The van der Waals surface area contributed by atoms with Crippen LogP contribution in [-0.4, -0.2) is 75.4 Å². The van der Waals surface area contributed by atoms with Gasteiger partial charge in [-0.2, -0.15) is 4.31 Å². The van der Waals surface area contributed by atoms with Crippen molar-refractivity contribution in [2.24, 2.45) is 0 Å².